The first-order valence-electron chi connectivity index (χ1n) is 36.9. The van der Waals surface area contributed by atoms with Crippen molar-refractivity contribution >= 4 is 47.8 Å². The Labute approximate surface area is 615 Å². The van der Waals surface area contributed by atoms with Crippen LogP contribution in [0, 0.1) is 0 Å². The molecule has 8 rings (SSSR count). The maximum Gasteiger partial charge on any atom is 0.410 e. The van der Waals surface area contributed by atoms with Crippen molar-refractivity contribution in [2.24, 2.45) is 0 Å². The van der Waals surface area contributed by atoms with Crippen molar-refractivity contribution in [2.45, 2.75) is 226 Å². The zero-order valence-corrected chi connectivity index (χ0v) is 64.0. The minimum absolute atomic E-state index is 0.0101. The monoisotopic (exact) mass is 1450 g/mol. The zero-order chi connectivity index (χ0) is 76.0. The van der Waals surface area contributed by atoms with Crippen LogP contribution in [0.1, 0.15) is 206 Å². The summed E-state index contributed by atoms with van der Waals surface area (Å²) in [6.45, 7) is 24.4. The molecule has 2 saturated carbocycles. The van der Waals surface area contributed by atoms with Crippen LogP contribution < -0.4 is 18.9 Å². The average molecular weight is 1450 g/mol. The number of carbonyl (C=O) groups is 8. The summed E-state index contributed by atoms with van der Waals surface area (Å²) in [5.74, 6) is 0.196. The molecule has 104 heavy (non-hydrogen) atoms. The van der Waals surface area contributed by atoms with E-state index < -0.39 is 35.3 Å². The molecule has 4 aromatic carbocycles. The van der Waals surface area contributed by atoms with Gasteiger partial charge in [0.2, 0.25) is 11.8 Å². The molecule has 1 N–H and O–H groups in total. The van der Waals surface area contributed by atoms with Crippen molar-refractivity contribution in [2.75, 3.05) is 87.7 Å². The van der Waals surface area contributed by atoms with Crippen molar-refractivity contribution in [1.82, 2.24) is 29.4 Å². The minimum atomic E-state index is -1.03. The van der Waals surface area contributed by atoms with Gasteiger partial charge >= 0.3 is 24.1 Å². The number of hydrogen-bond donors (Lipinski definition) is 1. The lowest BCUT2D eigenvalue weighted by Gasteiger charge is -2.45. The third-order valence-electron chi connectivity index (χ3n) is 18.7. The second kappa shape index (κ2) is 38.9. The first-order valence-corrected chi connectivity index (χ1v) is 36.9. The first kappa shape index (κ1) is 82.6. The zero-order valence-electron chi connectivity index (χ0n) is 64.0. The molecule has 4 atom stereocenters. The SMILES string of the molecule is CCOC(=O)c1cccc(CC(=O)N(CC[C@H]2CC[C@@H](N(C(=O)c3ccc(OC)c(OCCCOC)c3)C(C)C)CN2C(=O)OC(C)(C)C)C2CC2)c1.COCCCOc1cc(C(=O)N(C(C)C)[C@@H]2CC[C@H](CCN(C(=O)Cc3cccc(C(=O)O)c3)C3CC3)N(C(=O)OC(C)(C)C)C2)ccc1OC. The van der Waals surface area contributed by atoms with Gasteiger partial charge in [-0.15, -0.1) is 0 Å². The predicted octanol–water partition coefficient (Wildman–Crippen LogP) is 12.6. The molecular formula is C80H114N6O18. The topological polar surface area (TPSA) is 259 Å². The van der Waals surface area contributed by atoms with Crippen LogP contribution in [0.3, 0.4) is 0 Å². The van der Waals surface area contributed by atoms with Crippen molar-refractivity contribution < 1.29 is 86.1 Å². The van der Waals surface area contributed by atoms with Crippen LogP contribution in [-0.2, 0) is 46.1 Å². The number of carboxylic acid groups (broad SMARTS) is 1. The molecule has 0 spiro atoms. The normalized spacial score (nSPS) is 17.4. The molecule has 2 aliphatic heterocycles. The highest BCUT2D eigenvalue weighted by atomic mass is 16.6. The van der Waals surface area contributed by atoms with Gasteiger partial charge in [-0.25, -0.2) is 19.2 Å². The van der Waals surface area contributed by atoms with Gasteiger partial charge in [-0.1, -0.05) is 24.3 Å². The van der Waals surface area contributed by atoms with Crippen molar-refractivity contribution in [1.29, 1.82) is 0 Å². The third-order valence-corrected chi connectivity index (χ3v) is 18.7. The molecule has 572 valence electrons. The largest absolute Gasteiger partial charge is 0.493 e. The molecule has 0 unspecified atom stereocenters. The fourth-order valence-electron chi connectivity index (χ4n) is 13.5. The van der Waals surface area contributed by atoms with Gasteiger partial charge in [0.05, 0.1) is 70.1 Å². The van der Waals surface area contributed by atoms with Gasteiger partial charge in [0.1, 0.15) is 11.2 Å². The van der Waals surface area contributed by atoms with Gasteiger partial charge in [0.25, 0.3) is 11.8 Å². The Morgan fingerprint density at radius 3 is 1.24 bits per heavy atom. The molecule has 6 amide bonds. The minimum Gasteiger partial charge on any atom is -0.493 e. The van der Waals surface area contributed by atoms with Gasteiger partial charge in [-0.3, -0.25) is 19.2 Å². The summed E-state index contributed by atoms with van der Waals surface area (Å²) in [6, 6.07) is 23.0. The average Bonchev–Trinajstić information content (AvgIpc) is 1.13. The lowest BCUT2D eigenvalue weighted by Crippen LogP contribution is -2.58. The number of carboxylic acids is 1. The van der Waals surface area contributed by atoms with Crippen LogP contribution in [0.25, 0.3) is 0 Å². The number of likely N-dealkylation sites (tertiary alicyclic amines) is 2. The molecule has 0 aromatic heterocycles. The van der Waals surface area contributed by atoms with E-state index in [0.29, 0.717) is 149 Å². The highest BCUT2D eigenvalue weighted by molar-refractivity contribution is 5.96. The van der Waals surface area contributed by atoms with Crippen molar-refractivity contribution in [3.8, 4) is 23.0 Å². The molecule has 2 aliphatic carbocycles. The lowest BCUT2D eigenvalue weighted by molar-refractivity contribution is -0.132. The fourth-order valence-corrected chi connectivity index (χ4v) is 13.5. The molecule has 24 nitrogen and oxygen atoms in total. The van der Waals surface area contributed by atoms with E-state index in [4.69, 9.17) is 42.6 Å². The standard InChI is InChI=1S/C41H59N3O9.C39H55N3O9/c1-9-51-39(47)31-13-10-12-29(24-31)25-37(45)42(32-15-16-32)21-20-33-17-18-34(27-43(33)40(48)53-41(4,5)6)44(28(2)3)38(46)30-14-19-35(50-8)36(26-30)52-23-11-22-49-7;1-26(2)42(36(44)28-12-17-33(49-7)34(24-28)50-21-9-20-48-6)32-16-15-31(41(25-32)38(47)51-39(3,4)5)18-19-40(30-13-14-30)35(43)23-27-10-8-11-29(22-27)37(45)46/h10,12-14,19,24,26,28,32-34H,9,11,15-18,20-23,25,27H2,1-8H3;8,10-12,17,22,24,26,30-32H,9,13-16,18-21,23,25H2,1-7H3,(H,45,46)/t33-,34-;31-,32-/m11/s1. The fraction of sp³-hybridized carbons (Fsp3) is 0.600. The highest BCUT2D eigenvalue weighted by Crippen LogP contribution is 2.37. The van der Waals surface area contributed by atoms with Gasteiger partial charge in [0.15, 0.2) is 23.0 Å². The number of hydrogen-bond acceptors (Lipinski definition) is 17. The summed E-state index contributed by atoms with van der Waals surface area (Å²) in [6.07, 6.45) is 8.25. The molecule has 2 saturated heterocycles. The Kier molecular flexibility index (Phi) is 30.9. The Hall–Kier alpha value is -8.64. The Morgan fingerprint density at radius 1 is 0.490 bits per heavy atom. The quantitative estimate of drug-likeness (QED) is 0.0264. The van der Waals surface area contributed by atoms with Crippen molar-refractivity contribution in [3.63, 3.8) is 0 Å². The van der Waals surface area contributed by atoms with E-state index >= 15 is 0 Å². The summed E-state index contributed by atoms with van der Waals surface area (Å²) in [7, 11) is 6.40. The number of ether oxygens (including phenoxy) is 9. The smallest absolute Gasteiger partial charge is 0.410 e. The molecular weight excluding hydrogens is 1330 g/mol. The second-order valence-corrected chi connectivity index (χ2v) is 29.8. The van der Waals surface area contributed by atoms with E-state index in [1.54, 1.807) is 118 Å². The number of piperidine rings is 2. The number of methoxy groups -OCH3 is 4. The van der Waals surface area contributed by atoms with Crippen LogP contribution in [0.5, 0.6) is 23.0 Å². The Balaban J connectivity index is 0.000000291. The predicted molar refractivity (Wildman–Crippen MR) is 394 cm³/mol. The lowest BCUT2D eigenvalue weighted by atomic mass is 9.93. The number of carbonyl (C=O) groups excluding carboxylic acids is 7. The molecule has 0 radical (unpaired) electrons. The van der Waals surface area contributed by atoms with E-state index in [-0.39, 0.29) is 97.0 Å². The number of amides is 6. The molecule has 0 bridgehead atoms. The van der Waals surface area contributed by atoms with E-state index in [1.807, 2.05) is 94.9 Å². The molecule has 2 heterocycles. The summed E-state index contributed by atoms with van der Waals surface area (Å²) >= 11 is 0. The van der Waals surface area contributed by atoms with Crippen LogP contribution in [0.4, 0.5) is 9.59 Å². The summed E-state index contributed by atoms with van der Waals surface area (Å²) < 4.78 is 50.1. The van der Waals surface area contributed by atoms with E-state index in [2.05, 4.69) is 0 Å². The molecule has 4 fully saturated rings. The second-order valence-electron chi connectivity index (χ2n) is 29.8. The summed E-state index contributed by atoms with van der Waals surface area (Å²) in [5, 5.41) is 9.39. The van der Waals surface area contributed by atoms with Gasteiger partial charge in [-0.05, 0) is 212 Å². The number of benzene rings is 4. The van der Waals surface area contributed by atoms with Crippen LogP contribution in [0.2, 0.25) is 0 Å². The highest BCUT2D eigenvalue weighted by Gasteiger charge is 2.43. The maximum atomic E-state index is 14.2. The van der Waals surface area contributed by atoms with Crippen LogP contribution >= 0.6 is 0 Å². The van der Waals surface area contributed by atoms with Gasteiger partial charge in [-0.2, -0.15) is 0 Å². The Morgan fingerprint density at radius 2 is 0.885 bits per heavy atom. The Bertz CT molecular complexity index is 3520. The number of aromatic carboxylic acids is 1. The molecule has 24 heteroatoms. The van der Waals surface area contributed by atoms with Crippen LogP contribution in [0.15, 0.2) is 84.9 Å². The summed E-state index contributed by atoms with van der Waals surface area (Å²) in [4.78, 5) is 118. The number of esters is 1. The van der Waals surface area contributed by atoms with Crippen LogP contribution in [-0.4, -0.2) is 229 Å². The molecule has 4 aromatic rings. The number of rotatable bonds is 33. The van der Waals surface area contributed by atoms with E-state index in [1.165, 1.54) is 6.07 Å². The number of nitrogens with zero attached hydrogens (tertiary/aromatic N) is 6. The molecule has 4 aliphatic rings. The summed E-state index contributed by atoms with van der Waals surface area (Å²) in [5.41, 5.74) is 1.49. The third kappa shape index (κ3) is 24.5. The van der Waals surface area contributed by atoms with E-state index in [9.17, 15) is 43.5 Å². The van der Waals surface area contributed by atoms with Crippen molar-refractivity contribution in [3.05, 3.63) is 118 Å². The maximum absolute atomic E-state index is 14.2. The van der Waals surface area contributed by atoms with Gasteiger partial charge in [0, 0.05) is 114 Å². The first-order chi connectivity index (χ1) is 49.5. The van der Waals surface area contributed by atoms with Gasteiger partial charge < -0.3 is 77.1 Å². The van der Waals surface area contributed by atoms with E-state index in [0.717, 1.165) is 31.2 Å².